The van der Waals surface area contributed by atoms with Crippen LogP contribution in [0.3, 0.4) is 0 Å². The van der Waals surface area contributed by atoms with Crippen molar-refractivity contribution in [1.82, 2.24) is 14.7 Å². The fourth-order valence-corrected chi connectivity index (χ4v) is 1.27. The quantitative estimate of drug-likeness (QED) is 0.857. The minimum atomic E-state index is -4.68. The van der Waals surface area contributed by atoms with Gasteiger partial charge < -0.3 is 15.3 Å². The summed E-state index contributed by atoms with van der Waals surface area (Å²) in [5.41, 5.74) is 0.171. The van der Waals surface area contributed by atoms with Crippen LogP contribution in [0, 0.1) is 0 Å². The number of hydrogen-bond donors (Lipinski definition) is 2. The number of anilines is 1. The molecule has 1 aromatic rings. The number of halogens is 3. The molecule has 0 aliphatic heterocycles. The third kappa shape index (κ3) is 5.27. The van der Waals surface area contributed by atoms with Gasteiger partial charge in [-0.05, 0) is 0 Å². The van der Waals surface area contributed by atoms with Crippen molar-refractivity contribution < 1.29 is 27.9 Å². The van der Waals surface area contributed by atoms with Crippen molar-refractivity contribution in [2.75, 3.05) is 18.4 Å². The second-order valence-electron chi connectivity index (χ2n) is 3.70. The van der Waals surface area contributed by atoms with Crippen molar-refractivity contribution >= 4 is 17.7 Å². The van der Waals surface area contributed by atoms with Crippen LogP contribution in [0.15, 0.2) is 12.4 Å². The van der Waals surface area contributed by atoms with Crippen LogP contribution in [0.25, 0.3) is 0 Å². The van der Waals surface area contributed by atoms with Crippen LogP contribution >= 0.6 is 0 Å². The van der Waals surface area contributed by atoms with Gasteiger partial charge in [0.05, 0.1) is 11.9 Å². The van der Waals surface area contributed by atoms with E-state index >= 15 is 0 Å². The molecule has 0 atom stereocenters. The summed E-state index contributed by atoms with van der Waals surface area (Å²) in [5, 5.41) is 14.3. The van der Waals surface area contributed by atoms with Crippen LogP contribution in [0.2, 0.25) is 0 Å². The molecule has 0 spiro atoms. The number of nitrogens with one attached hydrogen (secondary N) is 1. The zero-order valence-electron chi connectivity index (χ0n) is 9.81. The summed E-state index contributed by atoms with van der Waals surface area (Å²) in [7, 11) is 1.56. The highest BCUT2D eigenvalue weighted by molar-refractivity contribution is 5.91. The average Bonchev–Trinajstić information content (AvgIpc) is 2.60. The van der Waals surface area contributed by atoms with E-state index in [0.29, 0.717) is 0 Å². The molecular formula is C9H11F3N4O3. The van der Waals surface area contributed by atoms with E-state index in [1.54, 1.807) is 7.05 Å². The van der Waals surface area contributed by atoms with Crippen molar-refractivity contribution in [1.29, 1.82) is 0 Å². The normalized spacial score (nSPS) is 11.2. The fraction of sp³-hybridized carbons (Fsp3) is 0.444. The molecule has 0 radical (unpaired) electrons. The summed E-state index contributed by atoms with van der Waals surface area (Å²) >= 11 is 0. The van der Waals surface area contributed by atoms with E-state index in [1.807, 2.05) is 0 Å². The molecule has 0 fully saturated rings. The maximum absolute atomic E-state index is 12.2. The molecule has 2 amide bonds. The molecule has 106 valence electrons. The lowest BCUT2D eigenvalue weighted by Crippen LogP contribution is -2.44. The maximum Gasteiger partial charge on any atom is 0.406 e. The Labute approximate surface area is 105 Å². The smallest absolute Gasteiger partial charge is 0.406 e. The third-order valence-corrected chi connectivity index (χ3v) is 1.94. The van der Waals surface area contributed by atoms with Crippen molar-refractivity contribution in [2.45, 2.75) is 6.18 Å². The Balaban J connectivity index is 2.73. The molecule has 0 aliphatic rings. The van der Waals surface area contributed by atoms with Crippen molar-refractivity contribution in [3.8, 4) is 0 Å². The zero-order chi connectivity index (χ0) is 14.6. The van der Waals surface area contributed by atoms with E-state index in [2.05, 4.69) is 10.4 Å². The number of aromatic nitrogens is 2. The summed E-state index contributed by atoms with van der Waals surface area (Å²) in [4.78, 5) is 22.1. The lowest BCUT2D eigenvalue weighted by atomic mass is 10.4. The van der Waals surface area contributed by atoms with E-state index in [4.69, 9.17) is 5.11 Å². The Hall–Kier alpha value is -2.26. The molecular weight excluding hydrogens is 269 g/mol. The van der Waals surface area contributed by atoms with Crippen LogP contribution in [-0.4, -0.2) is 51.1 Å². The van der Waals surface area contributed by atoms with Crippen molar-refractivity contribution in [3.05, 3.63) is 12.4 Å². The zero-order valence-corrected chi connectivity index (χ0v) is 9.81. The molecule has 0 unspecified atom stereocenters. The predicted octanol–water partition coefficient (Wildman–Crippen LogP) is 0.901. The van der Waals surface area contributed by atoms with Gasteiger partial charge >= 0.3 is 18.2 Å². The number of hydrogen-bond acceptors (Lipinski definition) is 3. The Morgan fingerprint density at radius 3 is 2.58 bits per heavy atom. The molecule has 0 bridgehead atoms. The Bertz CT molecular complexity index is 472. The van der Waals surface area contributed by atoms with Crippen LogP contribution in [0.5, 0.6) is 0 Å². The number of carbonyl (C=O) groups is 2. The van der Waals surface area contributed by atoms with E-state index in [9.17, 15) is 22.8 Å². The van der Waals surface area contributed by atoms with Crippen molar-refractivity contribution in [2.24, 2.45) is 7.05 Å². The highest BCUT2D eigenvalue weighted by atomic mass is 19.4. The number of aliphatic carboxylic acids is 1. The van der Waals surface area contributed by atoms with E-state index < -0.39 is 31.3 Å². The van der Waals surface area contributed by atoms with Gasteiger partial charge in [-0.1, -0.05) is 0 Å². The SMILES string of the molecule is Cn1cc(NC(=O)N(CC(=O)O)CC(F)(F)F)cn1. The number of aryl methyl sites for hydroxylation is 1. The average molecular weight is 280 g/mol. The third-order valence-electron chi connectivity index (χ3n) is 1.94. The topological polar surface area (TPSA) is 87.5 Å². The van der Waals surface area contributed by atoms with Crippen molar-refractivity contribution in [3.63, 3.8) is 0 Å². The minimum absolute atomic E-state index is 0.148. The second kappa shape index (κ2) is 5.59. The van der Waals surface area contributed by atoms with Crippen LogP contribution < -0.4 is 5.32 Å². The first-order valence-electron chi connectivity index (χ1n) is 5.00. The minimum Gasteiger partial charge on any atom is -0.480 e. The lowest BCUT2D eigenvalue weighted by Gasteiger charge is -2.21. The standard InChI is InChI=1S/C9H11F3N4O3/c1-15-3-6(2-13-15)14-8(19)16(4-7(17)18)5-9(10,11)12/h2-3H,4-5H2,1H3,(H,14,19)(H,17,18). The molecule has 0 aliphatic carbocycles. The summed E-state index contributed by atoms with van der Waals surface area (Å²) in [6.45, 7) is -2.70. The van der Waals surface area contributed by atoms with Gasteiger partial charge in [0.2, 0.25) is 0 Å². The summed E-state index contributed by atoms with van der Waals surface area (Å²) in [5.74, 6) is -1.54. The maximum atomic E-state index is 12.2. The van der Waals surface area contributed by atoms with Gasteiger partial charge in [0.1, 0.15) is 13.1 Å². The first kappa shape index (κ1) is 14.8. The molecule has 10 heteroatoms. The molecule has 1 aromatic heterocycles. The largest absolute Gasteiger partial charge is 0.480 e. The van der Waals surface area contributed by atoms with Crippen LogP contribution in [-0.2, 0) is 11.8 Å². The molecule has 7 nitrogen and oxygen atoms in total. The number of urea groups is 1. The molecule has 0 saturated carbocycles. The number of carboxylic acid groups (broad SMARTS) is 1. The van der Waals surface area contributed by atoms with Gasteiger partial charge in [-0.25, -0.2) is 4.79 Å². The number of rotatable bonds is 4. The summed E-state index contributed by atoms with van der Waals surface area (Å²) < 4.78 is 38.0. The van der Waals surface area contributed by atoms with Gasteiger partial charge in [0.25, 0.3) is 0 Å². The first-order valence-corrected chi connectivity index (χ1v) is 5.00. The summed E-state index contributed by atoms with van der Waals surface area (Å²) in [6, 6.07) is -1.16. The molecule has 1 heterocycles. The molecule has 0 aromatic carbocycles. The van der Waals surface area contributed by atoms with E-state index in [-0.39, 0.29) is 10.6 Å². The fourth-order valence-electron chi connectivity index (χ4n) is 1.27. The Morgan fingerprint density at radius 2 is 2.16 bits per heavy atom. The number of carboxylic acids is 1. The van der Waals surface area contributed by atoms with Gasteiger partial charge in [0.15, 0.2) is 0 Å². The lowest BCUT2D eigenvalue weighted by molar-refractivity contribution is -0.148. The molecule has 2 N–H and O–H groups in total. The highest BCUT2D eigenvalue weighted by Gasteiger charge is 2.34. The van der Waals surface area contributed by atoms with Gasteiger partial charge in [-0.3, -0.25) is 9.48 Å². The van der Waals surface area contributed by atoms with Gasteiger partial charge in [-0.15, -0.1) is 0 Å². The molecule has 19 heavy (non-hydrogen) atoms. The monoisotopic (exact) mass is 280 g/mol. The number of amides is 2. The Morgan fingerprint density at radius 1 is 1.53 bits per heavy atom. The van der Waals surface area contributed by atoms with Gasteiger partial charge in [-0.2, -0.15) is 18.3 Å². The summed E-state index contributed by atoms with van der Waals surface area (Å²) in [6.07, 6.45) is -2.09. The van der Waals surface area contributed by atoms with Crippen LogP contribution in [0.1, 0.15) is 0 Å². The predicted molar refractivity (Wildman–Crippen MR) is 57.5 cm³/mol. The molecule has 0 saturated heterocycles. The number of carbonyl (C=O) groups excluding carboxylic acids is 1. The molecule has 1 rings (SSSR count). The van der Waals surface area contributed by atoms with E-state index in [0.717, 1.165) is 0 Å². The second-order valence-corrected chi connectivity index (χ2v) is 3.70. The van der Waals surface area contributed by atoms with Crippen LogP contribution in [0.4, 0.5) is 23.7 Å². The Kier molecular flexibility index (Phi) is 4.35. The van der Waals surface area contributed by atoms with Gasteiger partial charge in [0, 0.05) is 13.2 Å². The first-order chi connectivity index (χ1) is 8.67. The number of nitrogens with zero attached hydrogens (tertiary/aromatic N) is 3. The van der Waals surface area contributed by atoms with E-state index in [1.165, 1.54) is 17.1 Å². The highest BCUT2D eigenvalue weighted by Crippen LogP contribution is 2.17. The number of alkyl halides is 3.